The van der Waals surface area contributed by atoms with Crippen LogP contribution >= 0.6 is 10.7 Å². The van der Waals surface area contributed by atoms with E-state index in [1.54, 1.807) is 18.5 Å². The highest BCUT2D eigenvalue weighted by Crippen LogP contribution is 2.26. The molecule has 0 N–H and O–H groups in total. The molecule has 0 radical (unpaired) electrons. The van der Waals surface area contributed by atoms with Crippen LogP contribution in [0.5, 0.6) is 0 Å². The lowest BCUT2D eigenvalue weighted by atomic mass is 10.1. The summed E-state index contributed by atoms with van der Waals surface area (Å²) in [5, 5.41) is 4.29. The molecular weight excluding hydrogens is 284 g/mol. The second-order valence-electron chi connectivity index (χ2n) is 4.64. The van der Waals surface area contributed by atoms with Gasteiger partial charge < -0.3 is 0 Å². The smallest absolute Gasteiger partial charge is 0.236 e. The highest BCUT2D eigenvalue weighted by Gasteiger charge is 2.23. The average Bonchev–Trinajstić information content (AvgIpc) is 2.53. The maximum atomic E-state index is 11.6. The van der Waals surface area contributed by atoms with Crippen molar-refractivity contribution in [2.45, 2.75) is 32.6 Å². The number of halogens is 1. The van der Waals surface area contributed by atoms with Gasteiger partial charge in [0, 0.05) is 10.7 Å². The standard InChI is InChI=1S/C13H15ClN2O2S/c1-8-5-6-12(9(2)7-8)16-11(4)13(10(3)15-16)19(14,17)18/h5-7H,1-4H3. The minimum atomic E-state index is -3.78. The highest BCUT2D eigenvalue weighted by molar-refractivity contribution is 8.13. The first-order valence-electron chi connectivity index (χ1n) is 5.80. The largest absolute Gasteiger partial charge is 0.264 e. The Hall–Kier alpha value is -1.33. The number of aromatic nitrogens is 2. The Morgan fingerprint density at radius 1 is 1.16 bits per heavy atom. The molecule has 102 valence electrons. The van der Waals surface area contributed by atoms with Crippen LogP contribution in [0.4, 0.5) is 0 Å². The molecule has 0 aliphatic carbocycles. The fraction of sp³-hybridized carbons (Fsp3) is 0.308. The molecule has 0 unspecified atom stereocenters. The van der Waals surface area contributed by atoms with E-state index in [2.05, 4.69) is 5.10 Å². The zero-order chi connectivity index (χ0) is 14.4. The molecule has 0 saturated heterocycles. The maximum Gasteiger partial charge on any atom is 0.264 e. The van der Waals surface area contributed by atoms with E-state index in [1.807, 2.05) is 32.0 Å². The van der Waals surface area contributed by atoms with Gasteiger partial charge in [0.15, 0.2) is 0 Å². The fourth-order valence-corrected chi connectivity index (χ4v) is 3.76. The lowest BCUT2D eigenvalue weighted by molar-refractivity contribution is 0.608. The van der Waals surface area contributed by atoms with Gasteiger partial charge in [-0.1, -0.05) is 17.7 Å². The number of aryl methyl sites for hydroxylation is 3. The summed E-state index contributed by atoms with van der Waals surface area (Å²) < 4.78 is 24.8. The molecule has 0 fully saturated rings. The van der Waals surface area contributed by atoms with Crippen LogP contribution in [-0.4, -0.2) is 18.2 Å². The zero-order valence-electron chi connectivity index (χ0n) is 11.2. The topological polar surface area (TPSA) is 52.0 Å². The minimum Gasteiger partial charge on any atom is -0.236 e. The second kappa shape index (κ2) is 4.65. The first-order valence-corrected chi connectivity index (χ1v) is 8.11. The van der Waals surface area contributed by atoms with Gasteiger partial charge in [0.1, 0.15) is 4.90 Å². The van der Waals surface area contributed by atoms with Crippen LogP contribution in [0.1, 0.15) is 22.5 Å². The van der Waals surface area contributed by atoms with Gasteiger partial charge in [-0.3, -0.25) is 0 Å². The second-order valence-corrected chi connectivity index (χ2v) is 7.14. The summed E-state index contributed by atoms with van der Waals surface area (Å²) in [6, 6.07) is 5.92. The first kappa shape index (κ1) is 14.1. The summed E-state index contributed by atoms with van der Waals surface area (Å²) in [4.78, 5) is 0.0918. The molecule has 6 heteroatoms. The molecule has 1 heterocycles. The molecule has 4 nitrogen and oxygen atoms in total. The van der Waals surface area contributed by atoms with Crippen LogP contribution in [0.25, 0.3) is 5.69 Å². The van der Waals surface area contributed by atoms with Gasteiger partial charge in [-0.05, 0) is 39.3 Å². The third-order valence-corrected chi connectivity index (χ3v) is 4.59. The molecule has 0 bridgehead atoms. The monoisotopic (exact) mass is 298 g/mol. The Kier molecular flexibility index (Phi) is 3.45. The lowest BCUT2D eigenvalue weighted by Gasteiger charge is -2.09. The normalized spacial score (nSPS) is 11.8. The molecule has 0 aliphatic heterocycles. The molecule has 0 amide bonds. The summed E-state index contributed by atoms with van der Waals surface area (Å²) in [6.45, 7) is 7.32. The molecule has 0 saturated carbocycles. The van der Waals surface area contributed by atoms with Crippen molar-refractivity contribution in [3.63, 3.8) is 0 Å². The van der Waals surface area contributed by atoms with E-state index in [9.17, 15) is 8.42 Å². The Morgan fingerprint density at radius 2 is 1.79 bits per heavy atom. The van der Waals surface area contributed by atoms with Crippen molar-refractivity contribution in [1.82, 2.24) is 9.78 Å². The lowest BCUT2D eigenvalue weighted by Crippen LogP contribution is -2.02. The predicted octanol–water partition coefficient (Wildman–Crippen LogP) is 3.03. The Labute approximate surface area is 117 Å². The van der Waals surface area contributed by atoms with Crippen LogP contribution in [0, 0.1) is 27.7 Å². The molecule has 0 spiro atoms. The summed E-state index contributed by atoms with van der Waals surface area (Å²) >= 11 is 0. The van der Waals surface area contributed by atoms with Crippen LogP contribution in [0.2, 0.25) is 0 Å². The third kappa shape index (κ3) is 2.53. The van der Waals surface area contributed by atoms with Gasteiger partial charge in [0.05, 0.1) is 17.1 Å². The van der Waals surface area contributed by atoms with Crippen molar-refractivity contribution in [2.24, 2.45) is 0 Å². The van der Waals surface area contributed by atoms with E-state index in [0.717, 1.165) is 16.8 Å². The summed E-state index contributed by atoms with van der Waals surface area (Å²) in [5.41, 5.74) is 3.97. The van der Waals surface area contributed by atoms with E-state index in [4.69, 9.17) is 10.7 Å². The Bertz CT molecular complexity index is 748. The summed E-state index contributed by atoms with van der Waals surface area (Å²) in [5.74, 6) is 0. The van der Waals surface area contributed by atoms with Crippen LogP contribution in [-0.2, 0) is 9.05 Å². The Balaban J connectivity index is 2.72. The van der Waals surface area contributed by atoms with Gasteiger partial charge in [0.25, 0.3) is 9.05 Å². The van der Waals surface area contributed by atoms with Crippen molar-refractivity contribution in [3.05, 3.63) is 40.7 Å². The molecule has 2 rings (SSSR count). The number of nitrogens with zero attached hydrogens (tertiary/aromatic N) is 2. The van der Waals surface area contributed by atoms with Gasteiger partial charge in [0.2, 0.25) is 0 Å². The molecule has 19 heavy (non-hydrogen) atoms. The van der Waals surface area contributed by atoms with Gasteiger partial charge in [-0.25, -0.2) is 13.1 Å². The quantitative estimate of drug-likeness (QED) is 0.801. The van der Waals surface area contributed by atoms with Gasteiger partial charge >= 0.3 is 0 Å². The SMILES string of the molecule is Cc1ccc(-n2nc(C)c(S(=O)(=O)Cl)c2C)c(C)c1. The highest BCUT2D eigenvalue weighted by atomic mass is 35.7. The summed E-state index contributed by atoms with van der Waals surface area (Å²) in [7, 11) is 1.67. The van der Waals surface area contributed by atoms with Gasteiger partial charge in [-0.2, -0.15) is 5.10 Å². The van der Waals surface area contributed by atoms with Crippen LogP contribution < -0.4 is 0 Å². The summed E-state index contributed by atoms with van der Waals surface area (Å²) in [6.07, 6.45) is 0. The van der Waals surface area contributed by atoms with E-state index >= 15 is 0 Å². The number of rotatable bonds is 2. The van der Waals surface area contributed by atoms with Gasteiger partial charge in [-0.15, -0.1) is 0 Å². The van der Waals surface area contributed by atoms with E-state index in [1.165, 1.54) is 0 Å². The van der Waals surface area contributed by atoms with Crippen molar-refractivity contribution in [2.75, 3.05) is 0 Å². The van der Waals surface area contributed by atoms with E-state index in [-0.39, 0.29) is 4.90 Å². The van der Waals surface area contributed by atoms with Crippen LogP contribution in [0.3, 0.4) is 0 Å². The van der Waals surface area contributed by atoms with Crippen molar-refractivity contribution in [1.29, 1.82) is 0 Å². The first-order chi connectivity index (χ1) is 8.71. The van der Waals surface area contributed by atoms with E-state index in [0.29, 0.717) is 11.4 Å². The molecule has 1 aromatic heterocycles. The number of benzene rings is 1. The maximum absolute atomic E-state index is 11.6. The van der Waals surface area contributed by atoms with Crippen molar-refractivity contribution in [3.8, 4) is 5.69 Å². The molecule has 0 aliphatic rings. The number of hydrogen-bond acceptors (Lipinski definition) is 3. The van der Waals surface area contributed by atoms with Crippen molar-refractivity contribution < 1.29 is 8.42 Å². The molecule has 1 aromatic carbocycles. The van der Waals surface area contributed by atoms with E-state index < -0.39 is 9.05 Å². The molecule has 2 aromatic rings. The number of hydrogen-bond donors (Lipinski definition) is 0. The average molecular weight is 299 g/mol. The zero-order valence-corrected chi connectivity index (χ0v) is 12.8. The molecular formula is C13H15ClN2O2S. The fourth-order valence-electron chi connectivity index (χ4n) is 2.26. The van der Waals surface area contributed by atoms with Crippen molar-refractivity contribution >= 4 is 19.7 Å². The Morgan fingerprint density at radius 3 is 2.26 bits per heavy atom. The molecule has 0 atom stereocenters. The van der Waals surface area contributed by atoms with Crippen LogP contribution in [0.15, 0.2) is 23.1 Å². The predicted molar refractivity (Wildman–Crippen MR) is 75.6 cm³/mol. The third-order valence-electron chi connectivity index (χ3n) is 3.05. The minimum absolute atomic E-state index is 0.0918.